The lowest BCUT2D eigenvalue weighted by Crippen LogP contribution is -2.47. The zero-order valence-electron chi connectivity index (χ0n) is 7.07. The zero-order valence-corrected chi connectivity index (χ0v) is 7.07. The maximum absolute atomic E-state index is 11.1. The molecular weight excluding hydrogens is 160 g/mol. The fourth-order valence-electron chi connectivity index (χ4n) is 1.18. The van der Waals surface area contributed by atoms with E-state index >= 15 is 0 Å². The van der Waals surface area contributed by atoms with Gasteiger partial charge in [0.15, 0.2) is 6.23 Å². The molecule has 1 heterocycles. The average molecular weight is 172 g/mol. The molecule has 2 amide bonds. The first-order valence-electron chi connectivity index (χ1n) is 3.79. The van der Waals surface area contributed by atoms with Crippen molar-refractivity contribution < 1.29 is 14.7 Å². The van der Waals surface area contributed by atoms with Gasteiger partial charge in [-0.2, -0.15) is 0 Å². The molecule has 0 radical (unpaired) electrons. The van der Waals surface area contributed by atoms with E-state index in [-0.39, 0.29) is 24.2 Å². The number of aliphatic hydroxyl groups excluding tert-OH is 1. The summed E-state index contributed by atoms with van der Waals surface area (Å²) in [6, 6.07) is 0. The molecule has 5 nitrogen and oxygen atoms in total. The summed E-state index contributed by atoms with van der Waals surface area (Å²) in [5, 5.41) is 10.3. The maximum atomic E-state index is 11.1. The molecule has 0 aromatic heterocycles. The summed E-state index contributed by atoms with van der Waals surface area (Å²) >= 11 is 0. The molecule has 1 rings (SSSR count). The van der Waals surface area contributed by atoms with Gasteiger partial charge >= 0.3 is 0 Å². The van der Waals surface area contributed by atoms with E-state index in [0.717, 1.165) is 5.01 Å². The van der Waals surface area contributed by atoms with Crippen molar-refractivity contribution in [3.8, 4) is 0 Å². The standard InChI is InChI=1S/C7H12N2O3/c1-4-3-6(11)9(7(4)12)8-5(2)10/h4,7,12H,3H2,1-2H3,(H,8,10). The second-order valence-electron chi connectivity index (χ2n) is 3.03. The molecule has 0 spiro atoms. The van der Waals surface area contributed by atoms with Gasteiger partial charge in [0.1, 0.15) is 0 Å². The van der Waals surface area contributed by atoms with Gasteiger partial charge in [-0.3, -0.25) is 15.0 Å². The number of nitrogens with one attached hydrogen (secondary N) is 1. The second kappa shape index (κ2) is 3.10. The van der Waals surface area contributed by atoms with Crippen LogP contribution in [0.5, 0.6) is 0 Å². The lowest BCUT2D eigenvalue weighted by Gasteiger charge is -2.21. The van der Waals surface area contributed by atoms with Crippen molar-refractivity contribution in [2.45, 2.75) is 26.5 Å². The Bertz CT molecular complexity index is 217. The Labute approximate surface area is 70.3 Å². The molecule has 0 saturated carbocycles. The van der Waals surface area contributed by atoms with Gasteiger partial charge in [-0.15, -0.1) is 0 Å². The number of carbonyl (C=O) groups is 2. The Morgan fingerprint density at radius 1 is 1.75 bits per heavy atom. The molecule has 2 atom stereocenters. The van der Waals surface area contributed by atoms with Gasteiger partial charge < -0.3 is 5.11 Å². The molecule has 0 aliphatic carbocycles. The first-order chi connectivity index (χ1) is 5.52. The summed E-state index contributed by atoms with van der Waals surface area (Å²) in [5.74, 6) is -0.717. The van der Waals surface area contributed by atoms with Crippen molar-refractivity contribution in [2.75, 3.05) is 0 Å². The van der Waals surface area contributed by atoms with Gasteiger partial charge in [0.25, 0.3) is 0 Å². The van der Waals surface area contributed by atoms with E-state index in [4.69, 9.17) is 0 Å². The van der Waals surface area contributed by atoms with Gasteiger partial charge in [-0.05, 0) is 0 Å². The monoisotopic (exact) mass is 172 g/mol. The number of aliphatic hydroxyl groups is 1. The third-order valence-corrected chi connectivity index (χ3v) is 1.82. The number of hydrogen-bond acceptors (Lipinski definition) is 3. The van der Waals surface area contributed by atoms with E-state index in [0.29, 0.717) is 0 Å². The third-order valence-electron chi connectivity index (χ3n) is 1.82. The number of hydrogen-bond donors (Lipinski definition) is 2. The van der Waals surface area contributed by atoms with Crippen LogP contribution in [0.25, 0.3) is 0 Å². The van der Waals surface area contributed by atoms with Crippen molar-refractivity contribution in [3.63, 3.8) is 0 Å². The zero-order chi connectivity index (χ0) is 9.30. The molecule has 1 aliphatic rings. The van der Waals surface area contributed by atoms with Gasteiger partial charge in [-0.1, -0.05) is 6.92 Å². The molecule has 0 aromatic carbocycles. The van der Waals surface area contributed by atoms with Crippen LogP contribution in [-0.2, 0) is 9.59 Å². The van der Waals surface area contributed by atoms with E-state index in [1.165, 1.54) is 6.92 Å². The summed E-state index contributed by atoms with van der Waals surface area (Å²) in [5.41, 5.74) is 2.27. The topological polar surface area (TPSA) is 69.6 Å². The minimum atomic E-state index is -0.888. The van der Waals surface area contributed by atoms with E-state index < -0.39 is 6.23 Å². The fourth-order valence-corrected chi connectivity index (χ4v) is 1.18. The summed E-state index contributed by atoms with van der Waals surface area (Å²) in [6.45, 7) is 3.05. The minimum absolute atomic E-state index is 0.121. The molecule has 0 aromatic rings. The van der Waals surface area contributed by atoms with Crippen molar-refractivity contribution in [1.82, 2.24) is 10.4 Å². The summed E-state index contributed by atoms with van der Waals surface area (Å²) in [6.07, 6.45) is -0.608. The number of amides is 2. The van der Waals surface area contributed by atoms with E-state index in [2.05, 4.69) is 5.43 Å². The molecule has 1 saturated heterocycles. The van der Waals surface area contributed by atoms with Crippen LogP contribution < -0.4 is 5.43 Å². The first-order valence-corrected chi connectivity index (χ1v) is 3.79. The quantitative estimate of drug-likeness (QED) is 0.545. The van der Waals surface area contributed by atoms with Crippen LogP contribution in [-0.4, -0.2) is 28.2 Å². The number of rotatable bonds is 1. The van der Waals surface area contributed by atoms with Crippen LogP contribution in [0.3, 0.4) is 0 Å². The Balaban J connectivity index is 2.63. The molecule has 1 aliphatic heterocycles. The Morgan fingerprint density at radius 2 is 2.33 bits per heavy atom. The molecule has 2 unspecified atom stereocenters. The normalized spacial score (nSPS) is 29.2. The van der Waals surface area contributed by atoms with Crippen molar-refractivity contribution >= 4 is 11.8 Å². The predicted molar refractivity (Wildman–Crippen MR) is 40.5 cm³/mol. The maximum Gasteiger partial charge on any atom is 0.243 e. The molecule has 2 N–H and O–H groups in total. The van der Waals surface area contributed by atoms with E-state index in [1.807, 2.05) is 0 Å². The molecule has 5 heteroatoms. The van der Waals surface area contributed by atoms with Gasteiger partial charge in [0.2, 0.25) is 11.8 Å². The van der Waals surface area contributed by atoms with Crippen LogP contribution in [0.2, 0.25) is 0 Å². The highest BCUT2D eigenvalue weighted by Gasteiger charge is 2.36. The summed E-state index contributed by atoms with van der Waals surface area (Å²) in [7, 11) is 0. The smallest absolute Gasteiger partial charge is 0.243 e. The summed E-state index contributed by atoms with van der Waals surface area (Å²) in [4.78, 5) is 21.7. The number of hydrazine groups is 1. The first kappa shape index (κ1) is 8.99. The number of nitrogens with zero attached hydrogens (tertiary/aromatic N) is 1. The van der Waals surface area contributed by atoms with Gasteiger partial charge in [0, 0.05) is 19.3 Å². The Hall–Kier alpha value is -1.10. The second-order valence-corrected chi connectivity index (χ2v) is 3.03. The lowest BCUT2D eigenvalue weighted by molar-refractivity contribution is -0.146. The SMILES string of the molecule is CC(=O)NN1C(=O)CC(C)C1O. The van der Waals surface area contributed by atoms with Crippen LogP contribution in [0, 0.1) is 5.92 Å². The van der Waals surface area contributed by atoms with Crippen LogP contribution in [0.1, 0.15) is 20.3 Å². The Kier molecular flexibility index (Phi) is 2.32. The average Bonchev–Trinajstić information content (AvgIpc) is 2.16. The highest BCUT2D eigenvalue weighted by molar-refractivity contribution is 5.82. The molecule has 12 heavy (non-hydrogen) atoms. The predicted octanol–water partition coefficient (Wildman–Crippen LogP) is -0.776. The third kappa shape index (κ3) is 1.55. The highest BCUT2D eigenvalue weighted by atomic mass is 16.3. The molecule has 1 fully saturated rings. The van der Waals surface area contributed by atoms with Crippen molar-refractivity contribution in [1.29, 1.82) is 0 Å². The molecule has 68 valence electrons. The van der Waals surface area contributed by atoms with E-state index in [9.17, 15) is 14.7 Å². The van der Waals surface area contributed by atoms with Gasteiger partial charge in [0.05, 0.1) is 0 Å². The van der Waals surface area contributed by atoms with Gasteiger partial charge in [-0.25, -0.2) is 5.01 Å². The fraction of sp³-hybridized carbons (Fsp3) is 0.714. The largest absolute Gasteiger partial charge is 0.371 e. The Morgan fingerprint density at radius 3 is 2.67 bits per heavy atom. The van der Waals surface area contributed by atoms with Crippen LogP contribution >= 0.6 is 0 Å². The van der Waals surface area contributed by atoms with Crippen molar-refractivity contribution in [3.05, 3.63) is 0 Å². The van der Waals surface area contributed by atoms with Crippen LogP contribution in [0.4, 0.5) is 0 Å². The molecular formula is C7H12N2O3. The van der Waals surface area contributed by atoms with Crippen molar-refractivity contribution in [2.24, 2.45) is 5.92 Å². The lowest BCUT2D eigenvalue weighted by atomic mass is 10.1. The van der Waals surface area contributed by atoms with E-state index in [1.54, 1.807) is 6.92 Å². The molecule has 0 bridgehead atoms. The van der Waals surface area contributed by atoms with Crippen LogP contribution in [0.15, 0.2) is 0 Å². The highest BCUT2D eigenvalue weighted by Crippen LogP contribution is 2.20. The number of carbonyl (C=O) groups excluding carboxylic acids is 2. The minimum Gasteiger partial charge on any atom is -0.371 e. The summed E-state index contributed by atoms with van der Waals surface area (Å²) < 4.78 is 0.